The Morgan fingerprint density at radius 2 is 2.27 bits per heavy atom. The van der Waals surface area contributed by atoms with E-state index in [0.717, 1.165) is 12.2 Å². The summed E-state index contributed by atoms with van der Waals surface area (Å²) in [6.07, 6.45) is 5.59. The van der Waals surface area contributed by atoms with Crippen LogP contribution in [0.3, 0.4) is 0 Å². The molecule has 0 radical (unpaired) electrons. The van der Waals surface area contributed by atoms with Crippen molar-refractivity contribution in [1.29, 1.82) is 0 Å². The van der Waals surface area contributed by atoms with Gasteiger partial charge in [0.2, 0.25) is 0 Å². The number of aromatic nitrogens is 2. The Morgan fingerprint density at radius 3 is 2.93 bits per heavy atom. The lowest BCUT2D eigenvalue weighted by Gasteiger charge is -2.04. The SMILES string of the molecule is CCn1nccc1C(=O)C1C2CCCC21. The van der Waals surface area contributed by atoms with Crippen molar-refractivity contribution < 1.29 is 4.79 Å². The number of hydrogen-bond acceptors (Lipinski definition) is 2. The molecule has 15 heavy (non-hydrogen) atoms. The van der Waals surface area contributed by atoms with Gasteiger partial charge in [-0.25, -0.2) is 0 Å². The van der Waals surface area contributed by atoms with Crippen molar-refractivity contribution in [2.75, 3.05) is 0 Å². The first-order valence-electron chi connectivity index (χ1n) is 5.89. The molecule has 0 aliphatic heterocycles. The van der Waals surface area contributed by atoms with Crippen LogP contribution in [0.2, 0.25) is 0 Å². The minimum atomic E-state index is 0.334. The van der Waals surface area contributed by atoms with E-state index in [0.29, 0.717) is 23.5 Å². The van der Waals surface area contributed by atoms with Crippen molar-refractivity contribution in [3.63, 3.8) is 0 Å². The number of aryl methyl sites for hydroxylation is 1. The normalized spacial score (nSPS) is 32.7. The molecule has 3 rings (SSSR count). The van der Waals surface area contributed by atoms with Crippen LogP contribution in [0.5, 0.6) is 0 Å². The summed E-state index contributed by atoms with van der Waals surface area (Å²) >= 11 is 0. The molecule has 2 unspecified atom stereocenters. The Balaban J connectivity index is 1.81. The van der Waals surface area contributed by atoms with Gasteiger partial charge in [-0.05, 0) is 37.7 Å². The predicted octanol–water partition coefficient (Wildman–Crippen LogP) is 2.13. The predicted molar refractivity (Wildman–Crippen MR) is 56.6 cm³/mol. The highest BCUT2D eigenvalue weighted by Gasteiger charge is 2.56. The van der Waals surface area contributed by atoms with Gasteiger partial charge in [-0.1, -0.05) is 6.42 Å². The lowest BCUT2D eigenvalue weighted by atomic mass is 10.1. The summed E-state index contributed by atoms with van der Waals surface area (Å²) < 4.78 is 1.82. The zero-order chi connectivity index (χ0) is 10.4. The van der Waals surface area contributed by atoms with Gasteiger partial charge in [-0.15, -0.1) is 0 Å². The van der Waals surface area contributed by atoms with Gasteiger partial charge >= 0.3 is 0 Å². The van der Waals surface area contributed by atoms with Gasteiger partial charge in [-0.2, -0.15) is 5.10 Å². The van der Waals surface area contributed by atoms with Crippen molar-refractivity contribution in [2.24, 2.45) is 17.8 Å². The van der Waals surface area contributed by atoms with Crippen LogP contribution in [-0.2, 0) is 6.54 Å². The second-order valence-electron chi connectivity index (χ2n) is 4.68. The van der Waals surface area contributed by atoms with E-state index in [1.165, 1.54) is 19.3 Å². The summed E-state index contributed by atoms with van der Waals surface area (Å²) in [7, 11) is 0. The number of hydrogen-bond donors (Lipinski definition) is 0. The molecule has 0 aromatic carbocycles. The summed E-state index contributed by atoms with van der Waals surface area (Å²) in [4.78, 5) is 12.2. The lowest BCUT2D eigenvalue weighted by Crippen LogP contribution is -2.13. The van der Waals surface area contributed by atoms with Crippen molar-refractivity contribution in [2.45, 2.75) is 32.7 Å². The molecule has 0 N–H and O–H groups in total. The van der Waals surface area contributed by atoms with E-state index in [4.69, 9.17) is 0 Å². The van der Waals surface area contributed by atoms with Crippen molar-refractivity contribution in [3.05, 3.63) is 18.0 Å². The maximum atomic E-state index is 12.2. The highest BCUT2D eigenvalue weighted by molar-refractivity contribution is 5.98. The molecule has 1 aromatic heterocycles. The van der Waals surface area contributed by atoms with Gasteiger partial charge in [0.05, 0.1) is 0 Å². The quantitative estimate of drug-likeness (QED) is 0.707. The molecule has 80 valence electrons. The van der Waals surface area contributed by atoms with Crippen LogP contribution in [0.1, 0.15) is 36.7 Å². The molecule has 3 nitrogen and oxygen atoms in total. The largest absolute Gasteiger partial charge is 0.292 e. The Bertz CT molecular complexity index is 386. The molecular formula is C12H16N2O. The van der Waals surface area contributed by atoms with Gasteiger partial charge in [-0.3, -0.25) is 9.48 Å². The molecule has 1 aromatic rings. The minimum absolute atomic E-state index is 0.334. The highest BCUT2D eigenvalue weighted by Crippen LogP contribution is 2.58. The zero-order valence-electron chi connectivity index (χ0n) is 9.02. The first-order chi connectivity index (χ1) is 7.33. The number of carbonyl (C=O) groups excluding carboxylic acids is 1. The molecule has 2 saturated carbocycles. The molecule has 2 fully saturated rings. The molecule has 0 saturated heterocycles. The van der Waals surface area contributed by atoms with E-state index in [9.17, 15) is 4.79 Å². The summed E-state index contributed by atoms with van der Waals surface area (Å²) in [6, 6.07) is 1.86. The van der Waals surface area contributed by atoms with Crippen LogP contribution in [0.25, 0.3) is 0 Å². The van der Waals surface area contributed by atoms with Crippen molar-refractivity contribution in [3.8, 4) is 0 Å². The summed E-state index contributed by atoms with van der Waals surface area (Å²) in [5.41, 5.74) is 0.817. The molecule has 1 heterocycles. The van der Waals surface area contributed by atoms with E-state index in [1.54, 1.807) is 6.20 Å². The van der Waals surface area contributed by atoms with Gasteiger partial charge in [0.1, 0.15) is 5.69 Å². The lowest BCUT2D eigenvalue weighted by molar-refractivity contribution is 0.0941. The maximum Gasteiger partial charge on any atom is 0.184 e. The molecule has 0 spiro atoms. The Kier molecular flexibility index (Phi) is 1.94. The van der Waals surface area contributed by atoms with E-state index < -0.39 is 0 Å². The summed E-state index contributed by atoms with van der Waals surface area (Å²) in [5.74, 6) is 2.08. The number of Topliss-reactive ketones (excluding diaryl/α,β-unsaturated/α-hetero) is 1. The summed E-state index contributed by atoms with van der Waals surface area (Å²) in [6.45, 7) is 2.81. The Labute approximate surface area is 89.5 Å². The number of ketones is 1. The zero-order valence-corrected chi connectivity index (χ0v) is 9.02. The average molecular weight is 204 g/mol. The molecular weight excluding hydrogens is 188 g/mol. The Morgan fingerprint density at radius 1 is 1.53 bits per heavy atom. The van der Waals surface area contributed by atoms with Crippen molar-refractivity contribution >= 4 is 5.78 Å². The van der Waals surface area contributed by atoms with E-state index in [-0.39, 0.29) is 0 Å². The van der Waals surface area contributed by atoms with E-state index in [1.807, 2.05) is 17.7 Å². The fourth-order valence-electron chi connectivity index (χ4n) is 3.18. The van der Waals surface area contributed by atoms with E-state index >= 15 is 0 Å². The van der Waals surface area contributed by atoms with E-state index in [2.05, 4.69) is 5.10 Å². The molecule has 3 heteroatoms. The smallest absolute Gasteiger partial charge is 0.184 e. The third kappa shape index (κ3) is 1.25. The highest BCUT2D eigenvalue weighted by atomic mass is 16.1. The first kappa shape index (κ1) is 9.13. The monoisotopic (exact) mass is 204 g/mol. The Hall–Kier alpha value is -1.12. The van der Waals surface area contributed by atoms with Crippen molar-refractivity contribution in [1.82, 2.24) is 9.78 Å². The van der Waals surface area contributed by atoms with Gasteiger partial charge in [0, 0.05) is 18.7 Å². The third-order valence-corrected chi connectivity index (χ3v) is 3.98. The third-order valence-electron chi connectivity index (χ3n) is 3.98. The van der Waals surface area contributed by atoms with Crippen LogP contribution in [0, 0.1) is 17.8 Å². The minimum Gasteiger partial charge on any atom is -0.292 e. The van der Waals surface area contributed by atoms with Gasteiger partial charge in [0.25, 0.3) is 0 Å². The topological polar surface area (TPSA) is 34.9 Å². The number of fused-ring (bicyclic) bond motifs is 1. The van der Waals surface area contributed by atoms with Crippen LogP contribution < -0.4 is 0 Å². The van der Waals surface area contributed by atoms with Gasteiger partial charge < -0.3 is 0 Å². The second-order valence-corrected chi connectivity index (χ2v) is 4.68. The number of carbonyl (C=O) groups is 1. The van der Waals surface area contributed by atoms with Crippen LogP contribution >= 0.6 is 0 Å². The fourth-order valence-corrected chi connectivity index (χ4v) is 3.18. The number of rotatable bonds is 3. The number of nitrogens with zero attached hydrogens (tertiary/aromatic N) is 2. The molecule has 0 bridgehead atoms. The molecule has 0 amide bonds. The first-order valence-corrected chi connectivity index (χ1v) is 5.89. The fraction of sp³-hybridized carbons (Fsp3) is 0.667. The van der Waals surface area contributed by atoms with Gasteiger partial charge in [0.15, 0.2) is 5.78 Å². The molecule has 2 aliphatic rings. The molecule has 2 aliphatic carbocycles. The molecule has 2 atom stereocenters. The maximum absolute atomic E-state index is 12.2. The van der Waals surface area contributed by atoms with Crippen LogP contribution in [0.15, 0.2) is 12.3 Å². The standard InChI is InChI=1S/C12H16N2O/c1-2-14-10(6-7-13-14)12(15)11-8-4-3-5-9(8)11/h6-9,11H,2-5H2,1H3. The summed E-state index contributed by atoms with van der Waals surface area (Å²) in [5, 5.41) is 4.16. The second kappa shape index (κ2) is 3.19. The van der Waals surface area contributed by atoms with Crippen LogP contribution in [-0.4, -0.2) is 15.6 Å². The van der Waals surface area contributed by atoms with Crippen LogP contribution in [0.4, 0.5) is 0 Å². The average Bonchev–Trinajstić information content (AvgIpc) is 2.72.